The number of aliphatic hydroxyl groups is 1. The molecule has 0 amide bonds. The molecule has 0 spiro atoms. The van der Waals surface area contributed by atoms with Gasteiger partial charge in [0, 0.05) is 23.6 Å². The molecule has 2 heterocycles. The molecular weight excluding hydrogens is 290 g/mol. The third-order valence-corrected chi connectivity index (χ3v) is 3.87. The molecule has 1 fully saturated rings. The highest BCUT2D eigenvalue weighted by Crippen LogP contribution is 2.24. The maximum Gasteiger partial charge on any atom is 0.342 e. The van der Waals surface area contributed by atoms with Crippen LogP contribution in [0, 0.1) is 0 Å². The van der Waals surface area contributed by atoms with Crippen LogP contribution in [0.15, 0.2) is 24.4 Å². The Kier molecular flexibility index (Phi) is 6.15. The highest BCUT2D eigenvalue weighted by molar-refractivity contribution is 5.84. The second kappa shape index (κ2) is 8.10. The summed E-state index contributed by atoms with van der Waals surface area (Å²) < 4.78 is 25.1. The van der Waals surface area contributed by atoms with E-state index in [1.807, 2.05) is 6.07 Å². The number of fused-ring (bicyclic) bond motifs is 1. The summed E-state index contributed by atoms with van der Waals surface area (Å²) in [6.45, 7) is 0.543. The maximum atomic E-state index is 9.89. The van der Waals surface area contributed by atoms with Crippen molar-refractivity contribution in [1.82, 2.24) is 9.88 Å². The lowest BCUT2D eigenvalue weighted by Crippen LogP contribution is -2.21. The number of hydrogen-bond acceptors (Lipinski definition) is 3. The van der Waals surface area contributed by atoms with E-state index in [9.17, 15) is 8.78 Å². The molecule has 0 bridgehead atoms. The number of aromatic nitrogens is 1. The standard InChI is InChI=1S/C15H20N2O.CH2F2O/c1-18-13-4-5-15-14(10-13)12(11-16-15)6-9-17-7-2-3-8-17;2-1(3)4/h4-5,10-11,16H,2-3,6-9H2,1H3;1,4H. The van der Waals surface area contributed by atoms with Gasteiger partial charge >= 0.3 is 6.61 Å². The van der Waals surface area contributed by atoms with Gasteiger partial charge in [-0.05, 0) is 56.1 Å². The number of methoxy groups -OCH3 is 1. The van der Waals surface area contributed by atoms with Gasteiger partial charge < -0.3 is 19.7 Å². The quantitative estimate of drug-likeness (QED) is 0.912. The van der Waals surface area contributed by atoms with Crippen molar-refractivity contribution in [2.24, 2.45) is 0 Å². The van der Waals surface area contributed by atoms with Gasteiger partial charge in [-0.25, -0.2) is 0 Å². The summed E-state index contributed by atoms with van der Waals surface area (Å²) in [6, 6.07) is 6.22. The van der Waals surface area contributed by atoms with Gasteiger partial charge in [-0.3, -0.25) is 0 Å². The fourth-order valence-corrected chi connectivity index (χ4v) is 2.78. The summed E-state index contributed by atoms with van der Waals surface area (Å²) in [6.07, 6.45) is 5.98. The second-order valence-electron chi connectivity index (χ2n) is 5.30. The smallest absolute Gasteiger partial charge is 0.342 e. The Morgan fingerprint density at radius 3 is 2.64 bits per heavy atom. The van der Waals surface area contributed by atoms with Gasteiger partial charge in [-0.1, -0.05) is 0 Å². The minimum atomic E-state index is -3.17. The lowest BCUT2D eigenvalue weighted by molar-refractivity contribution is -0.0728. The van der Waals surface area contributed by atoms with Crippen LogP contribution in [0.25, 0.3) is 10.9 Å². The molecule has 0 saturated carbocycles. The number of aromatic amines is 1. The predicted molar refractivity (Wildman–Crippen MR) is 82.5 cm³/mol. The van der Waals surface area contributed by atoms with Crippen molar-refractivity contribution < 1.29 is 18.6 Å². The fraction of sp³-hybridized carbons (Fsp3) is 0.500. The molecule has 6 heteroatoms. The third-order valence-electron chi connectivity index (χ3n) is 3.87. The molecule has 1 aromatic carbocycles. The number of hydrogen-bond donors (Lipinski definition) is 2. The first-order valence-corrected chi connectivity index (χ1v) is 7.42. The summed E-state index contributed by atoms with van der Waals surface area (Å²) in [4.78, 5) is 5.90. The number of likely N-dealkylation sites (tertiary alicyclic amines) is 1. The molecule has 0 unspecified atom stereocenters. The lowest BCUT2D eigenvalue weighted by atomic mass is 10.1. The van der Waals surface area contributed by atoms with Crippen LogP contribution in [0.3, 0.4) is 0 Å². The van der Waals surface area contributed by atoms with E-state index in [1.165, 1.54) is 48.9 Å². The van der Waals surface area contributed by atoms with Crippen molar-refractivity contribution in [2.45, 2.75) is 25.9 Å². The van der Waals surface area contributed by atoms with E-state index in [-0.39, 0.29) is 0 Å². The summed E-state index contributed by atoms with van der Waals surface area (Å²) in [7, 11) is 1.72. The lowest BCUT2D eigenvalue weighted by Gasteiger charge is -2.13. The fourth-order valence-electron chi connectivity index (χ4n) is 2.78. The first kappa shape index (κ1) is 16.7. The SMILES string of the molecule is COc1ccc2[nH]cc(CCN3CCCC3)c2c1.OC(F)F. The Balaban J connectivity index is 0.000000396. The van der Waals surface area contributed by atoms with E-state index in [0.29, 0.717) is 0 Å². The van der Waals surface area contributed by atoms with E-state index in [4.69, 9.17) is 9.84 Å². The normalized spacial score (nSPS) is 15.1. The van der Waals surface area contributed by atoms with E-state index in [2.05, 4.69) is 28.2 Å². The predicted octanol–water partition coefficient (Wildman–Crippen LogP) is 3.02. The van der Waals surface area contributed by atoms with Gasteiger partial charge in [0.15, 0.2) is 0 Å². The van der Waals surface area contributed by atoms with Gasteiger partial charge in [-0.15, -0.1) is 0 Å². The van der Waals surface area contributed by atoms with E-state index in [0.717, 1.165) is 12.2 Å². The highest BCUT2D eigenvalue weighted by Gasteiger charge is 2.12. The van der Waals surface area contributed by atoms with Crippen LogP contribution in [0.5, 0.6) is 5.75 Å². The molecule has 22 heavy (non-hydrogen) atoms. The topological polar surface area (TPSA) is 48.5 Å². The molecule has 1 aliphatic rings. The van der Waals surface area contributed by atoms with E-state index < -0.39 is 6.61 Å². The van der Waals surface area contributed by atoms with Crippen molar-refractivity contribution in [3.05, 3.63) is 30.0 Å². The van der Waals surface area contributed by atoms with Crippen LogP contribution >= 0.6 is 0 Å². The summed E-state index contributed by atoms with van der Waals surface area (Å²) in [5.41, 5.74) is 2.60. The Labute approximate surface area is 128 Å². The molecular formula is C16H22F2N2O2. The van der Waals surface area contributed by atoms with Crippen molar-refractivity contribution in [2.75, 3.05) is 26.7 Å². The van der Waals surface area contributed by atoms with Crippen LogP contribution in [0.1, 0.15) is 18.4 Å². The molecule has 0 radical (unpaired) electrons. The Bertz CT molecular complexity index is 578. The minimum absolute atomic E-state index is 0.935. The minimum Gasteiger partial charge on any atom is -0.497 e. The number of ether oxygens (including phenoxy) is 1. The Hall–Kier alpha value is -1.66. The van der Waals surface area contributed by atoms with Crippen LogP contribution in [-0.4, -0.2) is 48.3 Å². The van der Waals surface area contributed by atoms with Gasteiger partial charge in [0.05, 0.1) is 7.11 Å². The number of rotatable bonds is 4. The number of nitrogens with one attached hydrogen (secondary N) is 1. The van der Waals surface area contributed by atoms with Gasteiger partial charge in [-0.2, -0.15) is 8.78 Å². The molecule has 1 aromatic heterocycles. The molecule has 2 N–H and O–H groups in total. The van der Waals surface area contributed by atoms with E-state index in [1.54, 1.807) is 7.11 Å². The second-order valence-corrected chi connectivity index (χ2v) is 5.30. The summed E-state index contributed by atoms with van der Waals surface area (Å²) >= 11 is 0. The molecule has 122 valence electrons. The largest absolute Gasteiger partial charge is 0.497 e. The highest BCUT2D eigenvalue weighted by atomic mass is 19.3. The van der Waals surface area contributed by atoms with Gasteiger partial charge in [0.2, 0.25) is 0 Å². The number of aliphatic hydroxyl groups excluding tert-OH is 1. The monoisotopic (exact) mass is 312 g/mol. The van der Waals surface area contributed by atoms with Gasteiger partial charge in [0.25, 0.3) is 0 Å². The van der Waals surface area contributed by atoms with E-state index >= 15 is 0 Å². The Morgan fingerprint density at radius 2 is 2.00 bits per heavy atom. The van der Waals surface area contributed by atoms with Crippen molar-refractivity contribution in [1.29, 1.82) is 0 Å². The number of benzene rings is 1. The van der Waals surface area contributed by atoms with Crippen LogP contribution in [0.2, 0.25) is 0 Å². The van der Waals surface area contributed by atoms with Crippen molar-refractivity contribution in [3.63, 3.8) is 0 Å². The van der Waals surface area contributed by atoms with Gasteiger partial charge in [0.1, 0.15) is 5.75 Å². The number of H-pyrrole nitrogens is 1. The zero-order valence-corrected chi connectivity index (χ0v) is 12.7. The summed E-state index contributed by atoms with van der Waals surface area (Å²) in [5.74, 6) is 0.935. The Morgan fingerprint density at radius 1 is 1.32 bits per heavy atom. The molecule has 3 rings (SSSR count). The summed E-state index contributed by atoms with van der Waals surface area (Å²) in [5, 5.41) is 8.02. The molecule has 1 aliphatic heterocycles. The number of alkyl halides is 2. The third kappa shape index (κ3) is 4.68. The first-order valence-electron chi connectivity index (χ1n) is 7.42. The molecule has 0 aliphatic carbocycles. The average molecular weight is 312 g/mol. The number of nitrogens with zero attached hydrogens (tertiary/aromatic N) is 1. The van der Waals surface area contributed by atoms with Crippen LogP contribution < -0.4 is 4.74 Å². The average Bonchev–Trinajstić information content (AvgIpc) is 3.13. The van der Waals surface area contributed by atoms with Crippen LogP contribution in [-0.2, 0) is 6.42 Å². The molecule has 1 saturated heterocycles. The molecule has 2 aromatic rings. The van der Waals surface area contributed by atoms with Crippen molar-refractivity contribution >= 4 is 10.9 Å². The number of halogens is 2. The molecule has 0 atom stereocenters. The van der Waals surface area contributed by atoms with Crippen LogP contribution in [0.4, 0.5) is 8.78 Å². The zero-order valence-electron chi connectivity index (χ0n) is 12.7. The molecule has 4 nitrogen and oxygen atoms in total. The van der Waals surface area contributed by atoms with Crippen molar-refractivity contribution in [3.8, 4) is 5.75 Å². The first-order chi connectivity index (χ1) is 10.6. The zero-order chi connectivity index (χ0) is 15.9. The maximum absolute atomic E-state index is 9.89.